The van der Waals surface area contributed by atoms with Gasteiger partial charge in [-0.25, -0.2) is 0 Å². The van der Waals surface area contributed by atoms with Crippen molar-refractivity contribution in [3.05, 3.63) is 101 Å². The molecular weight excluding hydrogens is 356 g/mol. The van der Waals surface area contributed by atoms with Crippen LogP contribution in [0.2, 0.25) is 0 Å². The first-order chi connectivity index (χ1) is 14.1. The number of aryl methyl sites for hydroxylation is 1. The summed E-state index contributed by atoms with van der Waals surface area (Å²) in [5.41, 5.74) is 4.32. The quantitative estimate of drug-likeness (QED) is 0.625. The Bertz CT molecular complexity index is 998. The van der Waals surface area contributed by atoms with Crippen molar-refractivity contribution in [3.63, 3.8) is 0 Å². The van der Waals surface area contributed by atoms with E-state index in [2.05, 4.69) is 48.5 Å². The predicted molar refractivity (Wildman–Crippen MR) is 116 cm³/mol. The lowest BCUT2D eigenvalue weighted by Gasteiger charge is -2.53. The molecule has 3 aromatic carbocycles. The van der Waals surface area contributed by atoms with Crippen molar-refractivity contribution >= 4 is 0 Å². The van der Waals surface area contributed by atoms with Crippen LogP contribution >= 0.6 is 0 Å². The minimum Gasteiger partial charge on any atom is -0.508 e. The van der Waals surface area contributed by atoms with E-state index in [4.69, 9.17) is 0 Å². The molecule has 0 saturated heterocycles. The Kier molecular flexibility index (Phi) is 4.48. The van der Waals surface area contributed by atoms with E-state index in [0.29, 0.717) is 11.7 Å². The molecule has 0 bridgehead atoms. The lowest BCUT2D eigenvalue weighted by atomic mass is 9.52. The molecule has 0 radical (unpaired) electrons. The molecule has 2 aliphatic rings. The number of fused-ring (bicyclic) bond motifs is 3. The molecule has 2 heteroatoms. The highest BCUT2D eigenvalue weighted by Gasteiger charge is 2.52. The Labute approximate surface area is 172 Å². The van der Waals surface area contributed by atoms with E-state index in [9.17, 15) is 10.2 Å². The maximum atomic E-state index is 11.6. The van der Waals surface area contributed by atoms with Gasteiger partial charge in [0.25, 0.3) is 0 Å². The van der Waals surface area contributed by atoms with Crippen molar-refractivity contribution in [1.29, 1.82) is 0 Å². The normalized spacial score (nSPS) is 28.4. The lowest BCUT2D eigenvalue weighted by molar-refractivity contribution is -0.0557. The summed E-state index contributed by atoms with van der Waals surface area (Å²) in [6.45, 7) is 0. The summed E-state index contributed by atoms with van der Waals surface area (Å²) in [7, 11) is 0. The highest BCUT2D eigenvalue weighted by Crippen LogP contribution is 2.56. The zero-order valence-corrected chi connectivity index (χ0v) is 16.7. The molecule has 148 valence electrons. The van der Waals surface area contributed by atoms with Crippen LogP contribution in [0.15, 0.2) is 78.9 Å². The van der Waals surface area contributed by atoms with E-state index >= 15 is 0 Å². The Hall–Kier alpha value is -2.58. The first kappa shape index (κ1) is 18.4. The van der Waals surface area contributed by atoms with Gasteiger partial charge in [0.05, 0.1) is 5.60 Å². The first-order valence-electron chi connectivity index (χ1n) is 10.7. The topological polar surface area (TPSA) is 40.5 Å². The molecule has 1 unspecified atom stereocenters. The molecule has 2 nitrogen and oxygen atoms in total. The van der Waals surface area contributed by atoms with Crippen molar-refractivity contribution < 1.29 is 10.2 Å². The van der Waals surface area contributed by atoms with Crippen molar-refractivity contribution in [2.45, 2.75) is 49.5 Å². The molecule has 2 N–H and O–H groups in total. The molecule has 29 heavy (non-hydrogen) atoms. The summed E-state index contributed by atoms with van der Waals surface area (Å²) >= 11 is 0. The van der Waals surface area contributed by atoms with E-state index in [0.717, 1.165) is 44.1 Å². The second-order valence-electron chi connectivity index (χ2n) is 9.00. The molecule has 1 saturated carbocycles. The third kappa shape index (κ3) is 3.16. The van der Waals surface area contributed by atoms with E-state index < -0.39 is 5.60 Å². The summed E-state index contributed by atoms with van der Waals surface area (Å²) in [6.07, 6.45) is 5.52. The number of phenolic OH excluding ortho intramolecular Hbond substituents is 1. The Morgan fingerprint density at radius 3 is 2.34 bits per heavy atom. The predicted octanol–water partition coefficient (Wildman–Crippen LogP) is 5.51. The average molecular weight is 385 g/mol. The third-order valence-corrected chi connectivity index (χ3v) is 7.41. The molecule has 3 atom stereocenters. The van der Waals surface area contributed by atoms with Crippen LogP contribution in [0.3, 0.4) is 0 Å². The fourth-order valence-corrected chi connectivity index (χ4v) is 5.97. The number of hydrogen-bond donors (Lipinski definition) is 2. The van der Waals surface area contributed by atoms with Crippen LogP contribution in [0.1, 0.15) is 47.9 Å². The zero-order valence-electron chi connectivity index (χ0n) is 16.7. The maximum absolute atomic E-state index is 11.6. The second-order valence-corrected chi connectivity index (χ2v) is 9.00. The molecule has 3 aromatic rings. The van der Waals surface area contributed by atoms with E-state index in [1.54, 1.807) is 0 Å². The number of rotatable bonds is 3. The lowest BCUT2D eigenvalue weighted by Crippen LogP contribution is -2.50. The van der Waals surface area contributed by atoms with E-state index in [1.165, 1.54) is 16.7 Å². The highest BCUT2D eigenvalue weighted by atomic mass is 16.3. The number of aromatic hydroxyl groups is 1. The summed E-state index contributed by atoms with van der Waals surface area (Å²) < 4.78 is 0. The van der Waals surface area contributed by atoms with Crippen LogP contribution in [0, 0.1) is 5.92 Å². The SMILES string of the molecule is Oc1ccc2c(c1)CC[C@@H]1CC(O)(c3ccccc3)CC[C@@]21Cc1ccccc1. The molecule has 0 aromatic heterocycles. The number of phenols is 1. The van der Waals surface area contributed by atoms with Crippen LogP contribution < -0.4 is 0 Å². The van der Waals surface area contributed by atoms with Gasteiger partial charge in [-0.05, 0) is 78.8 Å². The molecule has 0 amide bonds. The fourth-order valence-electron chi connectivity index (χ4n) is 5.97. The van der Waals surface area contributed by atoms with Gasteiger partial charge in [-0.15, -0.1) is 0 Å². The van der Waals surface area contributed by atoms with Gasteiger partial charge in [0, 0.05) is 5.41 Å². The molecule has 1 fully saturated rings. The smallest absolute Gasteiger partial charge is 0.115 e. The van der Waals surface area contributed by atoms with Crippen LogP contribution in [0.5, 0.6) is 5.75 Å². The van der Waals surface area contributed by atoms with Gasteiger partial charge in [0.2, 0.25) is 0 Å². The molecule has 2 aliphatic carbocycles. The molecule has 0 aliphatic heterocycles. The minimum absolute atomic E-state index is 0.0175. The Morgan fingerprint density at radius 1 is 0.862 bits per heavy atom. The summed E-state index contributed by atoms with van der Waals surface area (Å²) in [6, 6.07) is 26.9. The molecule has 0 heterocycles. The third-order valence-electron chi connectivity index (χ3n) is 7.41. The van der Waals surface area contributed by atoms with Gasteiger partial charge in [-0.1, -0.05) is 66.7 Å². The Morgan fingerprint density at radius 2 is 1.59 bits per heavy atom. The van der Waals surface area contributed by atoms with Crippen LogP contribution in [0.4, 0.5) is 0 Å². The number of aliphatic hydroxyl groups is 1. The minimum atomic E-state index is -0.749. The maximum Gasteiger partial charge on any atom is 0.115 e. The van der Waals surface area contributed by atoms with Gasteiger partial charge in [-0.3, -0.25) is 0 Å². The van der Waals surface area contributed by atoms with Gasteiger partial charge < -0.3 is 10.2 Å². The van der Waals surface area contributed by atoms with Crippen molar-refractivity contribution in [2.24, 2.45) is 5.92 Å². The summed E-state index contributed by atoms with van der Waals surface area (Å²) in [4.78, 5) is 0. The second kappa shape index (κ2) is 7.03. The van der Waals surface area contributed by atoms with Crippen molar-refractivity contribution in [2.75, 3.05) is 0 Å². The fraction of sp³-hybridized carbons (Fsp3) is 0.333. The van der Waals surface area contributed by atoms with Crippen LogP contribution in [-0.2, 0) is 23.9 Å². The van der Waals surface area contributed by atoms with Crippen LogP contribution in [0.25, 0.3) is 0 Å². The van der Waals surface area contributed by atoms with Crippen molar-refractivity contribution in [1.82, 2.24) is 0 Å². The first-order valence-corrected chi connectivity index (χ1v) is 10.7. The van der Waals surface area contributed by atoms with Gasteiger partial charge in [0.1, 0.15) is 5.75 Å². The monoisotopic (exact) mass is 384 g/mol. The van der Waals surface area contributed by atoms with Gasteiger partial charge in [-0.2, -0.15) is 0 Å². The largest absolute Gasteiger partial charge is 0.508 e. The Balaban J connectivity index is 1.58. The molecular formula is C27H28O2. The van der Waals surface area contributed by atoms with Gasteiger partial charge in [0.15, 0.2) is 0 Å². The van der Waals surface area contributed by atoms with Crippen LogP contribution in [-0.4, -0.2) is 10.2 Å². The average Bonchev–Trinajstić information content (AvgIpc) is 2.75. The van der Waals surface area contributed by atoms with E-state index in [-0.39, 0.29) is 5.41 Å². The number of benzene rings is 3. The summed E-state index contributed by atoms with van der Waals surface area (Å²) in [5.74, 6) is 0.771. The number of hydrogen-bond acceptors (Lipinski definition) is 2. The highest BCUT2D eigenvalue weighted by molar-refractivity contribution is 5.45. The van der Waals surface area contributed by atoms with Crippen molar-refractivity contribution in [3.8, 4) is 5.75 Å². The zero-order chi connectivity index (χ0) is 19.9. The van der Waals surface area contributed by atoms with E-state index in [1.807, 2.05) is 30.3 Å². The standard InChI is InChI=1S/C27H28O2/c28-24-13-14-25-21(17-24)11-12-23-19-27(29,22-9-5-2-6-10-22)16-15-26(23,25)18-20-7-3-1-4-8-20/h1-10,13-14,17,23,28-29H,11-12,15-16,18-19H2/t23-,26+,27?/m1/s1. The molecule has 0 spiro atoms. The summed E-state index contributed by atoms with van der Waals surface area (Å²) in [5, 5.41) is 21.7. The van der Waals surface area contributed by atoms with Gasteiger partial charge >= 0.3 is 0 Å². The molecule has 5 rings (SSSR count).